The Kier molecular flexibility index (Phi) is 4.99. The first-order valence-electron chi connectivity index (χ1n) is 5.91. The normalized spacial score (nSPS) is 23.2. The summed E-state index contributed by atoms with van der Waals surface area (Å²) in [5.74, 6) is 0. The van der Waals surface area contributed by atoms with E-state index in [2.05, 4.69) is 0 Å². The van der Waals surface area contributed by atoms with Gasteiger partial charge in [-0.25, -0.2) is 0 Å². The lowest BCUT2D eigenvalue weighted by Crippen LogP contribution is -2.31. The molecule has 2 saturated heterocycles. The maximum atomic E-state index is 5.46. The van der Waals surface area contributed by atoms with Gasteiger partial charge in [-0.05, 0) is 25.5 Å². The SMILES string of the molecule is C1COB(CCCB2OCCCO2)OC1. The van der Waals surface area contributed by atoms with E-state index in [1.54, 1.807) is 0 Å². The molecule has 2 rings (SSSR count). The van der Waals surface area contributed by atoms with Crippen LogP contribution in [0, 0.1) is 0 Å². The predicted molar refractivity (Wildman–Crippen MR) is 58.8 cm³/mol. The number of hydrogen-bond acceptors (Lipinski definition) is 4. The number of hydrogen-bond donors (Lipinski definition) is 0. The summed E-state index contributed by atoms with van der Waals surface area (Å²) in [5, 5.41) is 0. The van der Waals surface area contributed by atoms with E-state index in [0.717, 1.165) is 58.3 Å². The van der Waals surface area contributed by atoms with E-state index < -0.39 is 0 Å². The molecule has 0 unspecified atom stereocenters. The maximum absolute atomic E-state index is 5.46. The lowest BCUT2D eigenvalue weighted by molar-refractivity contribution is 0.129. The van der Waals surface area contributed by atoms with Gasteiger partial charge in [0, 0.05) is 26.4 Å². The summed E-state index contributed by atoms with van der Waals surface area (Å²) in [6.45, 7) is 3.34. The highest BCUT2D eigenvalue weighted by Crippen LogP contribution is 2.14. The van der Waals surface area contributed by atoms with Gasteiger partial charge < -0.3 is 18.6 Å². The third kappa shape index (κ3) is 4.15. The predicted octanol–water partition coefficient (Wildman–Crippen LogP) is 1.23. The van der Waals surface area contributed by atoms with Crippen molar-refractivity contribution in [2.24, 2.45) is 0 Å². The third-order valence-corrected chi connectivity index (χ3v) is 2.67. The van der Waals surface area contributed by atoms with Crippen LogP contribution in [0.25, 0.3) is 0 Å². The minimum Gasteiger partial charge on any atom is -0.411 e. The molecule has 0 aromatic heterocycles. The van der Waals surface area contributed by atoms with Crippen molar-refractivity contribution in [3.63, 3.8) is 0 Å². The Morgan fingerprint density at radius 1 is 0.667 bits per heavy atom. The average Bonchev–Trinajstić information content (AvgIpc) is 2.32. The fourth-order valence-electron chi connectivity index (χ4n) is 1.86. The molecule has 2 aliphatic heterocycles. The minimum absolute atomic E-state index is 0.00217. The molecule has 4 nitrogen and oxygen atoms in total. The lowest BCUT2D eigenvalue weighted by Gasteiger charge is -2.21. The molecule has 0 N–H and O–H groups in total. The summed E-state index contributed by atoms with van der Waals surface area (Å²) in [6, 6.07) is 0. The minimum atomic E-state index is 0.00217. The second kappa shape index (κ2) is 6.53. The topological polar surface area (TPSA) is 36.9 Å². The summed E-state index contributed by atoms with van der Waals surface area (Å²) in [4.78, 5) is 0. The molecule has 0 radical (unpaired) electrons. The highest BCUT2D eigenvalue weighted by molar-refractivity contribution is 6.46. The zero-order chi connectivity index (χ0) is 10.3. The van der Waals surface area contributed by atoms with E-state index >= 15 is 0 Å². The maximum Gasteiger partial charge on any atom is 0.456 e. The third-order valence-electron chi connectivity index (χ3n) is 2.67. The highest BCUT2D eigenvalue weighted by atomic mass is 16.6. The average molecular weight is 212 g/mol. The molecule has 0 aliphatic carbocycles. The molecule has 84 valence electrons. The smallest absolute Gasteiger partial charge is 0.411 e. The van der Waals surface area contributed by atoms with Crippen LogP contribution >= 0.6 is 0 Å². The molecule has 0 spiro atoms. The fourth-order valence-corrected chi connectivity index (χ4v) is 1.86. The van der Waals surface area contributed by atoms with Gasteiger partial charge in [-0.2, -0.15) is 0 Å². The summed E-state index contributed by atoms with van der Waals surface area (Å²) >= 11 is 0. The van der Waals surface area contributed by atoms with Crippen molar-refractivity contribution in [2.45, 2.75) is 31.9 Å². The fraction of sp³-hybridized carbons (Fsp3) is 1.00. The van der Waals surface area contributed by atoms with Crippen molar-refractivity contribution in [3.05, 3.63) is 0 Å². The van der Waals surface area contributed by atoms with Gasteiger partial charge in [0.1, 0.15) is 0 Å². The Balaban J connectivity index is 1.53. The molecule has 15 heavy (non-hydrogen) atoms. The number of rotatable bonds is 4. The van der Waals surface area contributed by atoms with Crippen LogP contribution in [0.5, 0.6) is 0 Å². The van der Waals surface area contributed by atoms with Crippen molar-refractivity contribution in [3.8, 4) is 0 Å². The van der Waals surface area contributed by atoms with Gasteiger partial charge in [0.05, 0.1) is 0 Å². The molecule has 2 fully saturated rings. The Labute approximate surface area is 91.9 Å². The van der Waals surface area contributed by atoms with Crippen LogP contribution < -0.4 is 0 Å². The Morgan fingerprint density at radius 3 is 1.47 bits per heavy atom. The Hall–Kier alpha value is -0.0301. The summed E-state index contributed by atoms with van der Waals surface area (Å²) in [5.41, 5.74) is 0. The molecule has 0 aromatic carbocycles. The van der Waals surface area contributed by atoms with Crippen molar-refractivity contribution < 1.29 is 18.6 Å². The van der Waals surface area contributed by atoms with Crippen LogP contribution in [0.15, 0.2) is 0 Å². The zero-order valence-corrected chi connectivity index (χ0v) is 9.15. The molecule has 0 atom stereocenters. The van der Waals surface area contributed by atoms with Gasteiger partial charge in [0.15, 0.2) is 0 Å². The first kappa shape index (κ1) is 11.5. The van der Waals surface area contributed by atoms with Gasteiger partial charge >= 0.3 is 14.2 Å². The molecule has 0 amide bonds. The second-order valence-electron chi connectivity index (χ2n) is 3.98. The largest absolute Gasteiger partial charge is 0.456 e. The molecule has 6 heteroatoms. The summed E-state index contributed by atoms with van der Waals surface area (Å²) in [7, 11) is 0.00433. The van der Waals surface area contributed by atoms with Crippen LogP contribution in [0.1, 0.15) is 19.3 Å². The quantitative estimate of drug-likeness (QED) is 0.656. The van der Waals surface area contributed by atoms with Gasteiger partial charge in [0.2, 0.25) is 0 Å². The zero-order valence-electron chi connectivity index (χ0n) is 9.15. The first-order valence-corrected chi connectivity index (χ1v) is 5.91. The van der Waals surface area contributed by atoms with E-state index in [1.807, 2.05) is 0 Å². The van der Waals surface area contributed by atoms with Crippen molar-refractivity contribution in [1.82, 2.24) is 0 Å². The van der Waals surface area contributed by atoms with Crippen LogP contribution in [0.2, 0.25) is 12.6 Å². The Morgan fingerprint density at radius 2 is 1.07 bits per heavy atom. The van der Waals surface area contributed by atoms with Gasteiger partial charge in [0.25, 0.3) is 0 Å². The van der Waals surface area contributed by atoms with E-state index in [4.69, 9.17) is 18.6 Å². The molecule has 0 aromatic rings. The molecule has 0 bridgehead atoms. The molecular formula is C9H18B2O4. The molecule has 0 saturated carbocycles. The standard InChI is InChI=1S/C9H18B2O4/c1(4-10-12-6-2-7-13-10)5-11-14-8-3-9-15-11/h1-9H2. The molecular weight excluding hydrogens is 194 g/mol. The highest BCUT2D eigenvalue weighted by Gasteiger charge is 2.25. The summed E-state index contributed by atoms with van der Waals surface area (Å²) < 4.78 is 21.9. The Bertz CT molecular complexity index is 151. The van der Waals surface area contributed by atoms with Crippen molar-refractivity contribution in [2.75, 3.05) is 26.4 Å². The van der Waals surface area contributed by atoms with E-state index in [9.17, 15) is 0 Å². The van der Waals surface area contributed by atoms with Gasteiger partial charge in [-0.15, -0.1) is 0 Å². The molecule has 2 aliphatic rings. The van der Waals surface area contributed by atoms with Crippen LogP contribution in [0.3, 0.4) is 0 Å². The van der Waals surface area contributed by atoms with E-state index in [-0.39, 0.29) is 14.2 Å². The van der Waals surface area contributed by atoms with Crippen molar-refractivity contribution in [1.29, 1.82) is 0 Å². The van der Waals surface area contributed by atoms with Crippen molar-refractivity contribution >= 4 is 14.2 Å². The van der Waals surface area contributed by atoms with Crippen LogP contribution in [-0.4, -0.2) is 40.7 Å². The van der Waals surface area contributed by atoms with Crippen LogP contribution in [-0.2, 0) is 18.6 Å². The second-order valence-corrected chi connectivity index (χ2v) is 3.98. The monoisotopic (exact) mass is 212 g/mol. The van der Waals surface area contributed by atoms with Gasteiger partial charge in [-0.3, -0.25) is 0 Å². The summed E-state index contributed by atoms with van der Waals surface area (Å²) in [6.07, 6.45) is 4.97. The molecule has 2 heterocycles. The lowest BCUT2D eigenvalue weighted by atomic mass is 9.74. The van der Waals surface area contributed by atoms with E-state index in [1.165, 1.54) is 0 Å². The van der Waals surface area contributed by atoms with Gasteiger partial charge in [-0.1, -0.05) is 6.42 Å². The van der Waals surface area contributed by atoms with E-state index in [0.29, 0.717) is 0 Å². The van der Waals surface area contributed by atoms with Crippen LogP contribution in [0.4, 0.5) is 0 Å². The first-order chi connectivity index (χ1) is 7.45.